The van der Waals surface area contributed by atoms with Gasteiger partial charge in [-0.2, -0.15) is 0 Å². The highest BCUT2D eigenvalue weighted by molar-refractivity contribution is 7.80. The molecule has 17 heavy (non-hydrogen) atoms. The van der Waals surface area contributed by atoms with Crippen molar-refractivity contribution in [2.75, 3.05) is 11.9 Å². The molecule has 92 valence electrons. The first kappa shape index (κ1) is 12.7. The van der Waals surface area contributed by atoms with Gasteiger partial charge in [0.2, 0.25) is 0 Å². The second kappa shape index (κ2) is 4.83. The smallest absolute Gasteiger partial charge is 0.106 e. The molecule has 0 amide bonds. The lowest BCUT2D eigenvalue weighted by Gasteiger charge is -2.29. The SMILES string of the molecule is CC(C1CC1)N(C)c1ccc(Cl)cc1C(N)=S. The molecule has 0 heterocycles. The zero-order valence-corrected chi connectivity index (χ0v) is 11.7. The van der Waals surface area contributed by atoms with E-state index < -0.39 is 0 Å². The average molecular weight is 269 g/mol. The second-order valence-corrected chi connectivity index (χ2v) is 5.59. The number of anilines is 1. The van der Waals surface area contributed by atoms with Gasteiger partial charge in [-0.3, -0.25) is 0 Å². The van der Waals surface area contributed by atoms with E-state index in [2.05, 4.69) is 18.9 Å². The fourth-order valence-electron chi connectivity index (χ4n) is 2.13. The summed E-state index contributed by atoms with van der Waals surface area (Å²) in [6.07, 6.45) is 2.64. The van der Waals surface area contributed by atoms with Crippen molar-refractivity contribution >= 4 is 34.5 Å². The van der Waals surface area contributed by atoms with Crippen LogP contribution in [0.1, 0.15) is 25.3 Å². The number of halogens is 1. The highest BCUT2D eigenvalue weighted by Gasteiger charge is 2.31. The highest BCUT2D eigenvalue weighted by Crippen LogP contribution is 2.37. The molecular weight excluding hydrogens is 252 g/mol. The molecule has 0 saturated heterocycles. The van der Waals surface area contributed by atoms with E-state index >= 15 is 0 Å². The van der Waals surface area contributed by atoms with E-state index in [0.717, 1.165) is 17.2 Å². The Labute approximate surface area is 113 Å². The maximum atomic E-state index is 5.99. The summed E-state index contributed by atoms with van der Waals surface area (Å²) < 4.78 is 0. The van der Waals surface area contributed by atoms with E-state index in [9.17, 15) is 0 Å². The number of nitrogens with two attached hydrogens (primary N) is 1. The van der Waals surface area contributed by atoms with Crippen molar-refractivity contribution in [1.82, 2.24) is 0 Å². The zero-order chi connectivity index (χ0) is 12.6. The van der Waals surface area contributed by atoms with Gasteiger partial charge in [-0.25, -0.2) is 0 Å². The van der Waals surface area contributed by atoms with Gasteiger partial charge in [-0.05, 0) is 43.9 Å². The van der Waals surface area contributed by atoms with E-state index in [1.165, 1.54) is 12.8 Å². The van der Waals surface area contributed by atoms with Crippen LogP contribution in [0.15, 0.2) is 18.2 Å². The van der Waals surface area contributed by atoms with E-state index in [1.807, 2.05) is 18.2 Å². The van der Waals surface area contributed by atoms with Gasteiger partial charge in [0.05, 0.1) is 0 Å². The van der Waals surface area contributed by atoms with Crippen LogP contribution in [0.4, 0.5) is 5.69 Å². The minimum atomic E-state index is 0.400. The van der Waals surface area contributed by atoms with Crippen LogP contribution in [0.3, 0.4) is 0 Å². The monoisotopic (exact) mass is 268 g/mol. The molecule has 1 saturated carbocycles. The molecule has 1 aliphatic rings. The molecule has 0 spiro atoms. The lowest BCUT2D eigenvalue weighted by molar-refractivity contribution is 0.609. The molecule has 1 unspecified atom stereocenters. The van der Waals surface area contributed by atoms with Crippen molar-refractivity contribution in [3.63, 3.8) is 0 Å². The summed E-state index contributed by atoms with van der Waals surface area (Å²) in [6.45, 7) is 2.25. The van der Waals surface area contributed by atoms with Crippen LogP contribution in [-0.4, -0.2) is 18.1 Å². The number of thiocarbonyl (C=S) groups is 1. The van der Waals surface area contributed by atoms with Crippen LogP contribution in [0, 0.1) is 5.92 Å². The van der Waals surface area contributed by atoms with Crippen LogP contribution in [0.5, 0.6) is 0 Å². The molecule has 0 aromatic heterocycles. The Hall–Kier alpha value is -0.800. The van der Waals surface area contributed by atoms with Crippen molar-refractivity contribution in [3.8, 4) is 0 Å². The molecule has 1 aromatic rings. The third-order valence-electron chi connectivity index (χ3n) is 3.52. The molecule has 2 rings (SSSR count). The Bertz CT molecular complexity index is 443. The fraction of sp³-hybridized carbons (Fsp3) is 0.462. The van der Waals surface area contributed by atoms with E-state index in [0.29, 0.717) is 16.1 Å². The van der Waals surface area contributed by atoms with Crippen molar-refractivity contribution in [2.24, 2.45) is 11.7 Å². The topological polar surface area (TPSA) is 29.3 Å². The largest absolute Gasteiger partial charge is 0.389 e. The first-order valence-electron chi connectivity index (χ1n) is 5.83. The molecule has 2 N–H and O–H groups in total. The van der Waals surface area contributed by atoms with Crippen molar-refractivity contribution < 1.29 is 0 Å². The Morgan fingerprint density at radius 3 is 2.71 bits per heavy atom. The molecule has 1 aliphatic carbocycles. The third kappa shape index (κ3) is 2.72. The minimum Gasteiger partial charge on any atom is -0.389 e. The van der Waals surface area contributed by atoms with Crippen LogP contribution in [0.25, 0.3) is 0 Å². The molecule has 1 aromatic carbocycles. The number of benzene rings is 1. The molecule has 0 bridgehead atoms. The average Bonchev–Trinajstić information content (AvgIpc) is 3.10. The fourth-order valence-corrected chi connectivity index (χ4v) is 2.46. The normalized spacial score (nSPS) is 16.6. The first-order valence-corrected chi connectivity index (χ1v) is 6.61. The molecule has 0 radical (unpaired) electrons. The maximum absolute atomic E-state index is 5.99. The summed E-state index contributed by atoms with van der Waals surface area (Å²) in [4.78, 5) is 2.65. The zero-order valence-electron chi connectivity index (χ0n) is 10.1. The quantitative estimate of drug-likeness (QED) is 0.851. The Balaban J connectivity index is 2.32. The molecule has 0 aliphatic heterocycles. The summed E-state index contributed by atoms with van der Waals surface area (Å²) >= 11 is 11.1. The summed E-state index contributed by atoms with van der Waals surface area (Å²) in [6, 6.07) is 6.24. The van der Waals surface area contributed by atoms with Gasteiger partial charge in [0.1, 0.15) is 4.99 Å². The Kier molecular flexibility index (Phi) is 3.59. The number of nitrogens with zero attached hydrogens (tertiary/aromatic N) is 1. The van der Waals surface area contributed by atoms with Crippen LogP contribution in [-0.2, 0) is 0 Å². The van der Waals surface area contributed by atoms with Gasteiger partial charge in [0, 0.05) is 29.4 Å². The number of hydrogen-bond acceptors (Lipinski definition) is 2. The molecule has 1 atom stereocenters. The van der Waals surface area contributed by atoms with Crippen LogP contribution >= 0.6 is 23.8 Å². The van der Waals surface area contributed by atoms with Gasteiger partial charge in [-0.1, -0.05) is 23.8 Å². The third-order valence-corrected chi connectivity index (χ3v) is 3.97. The van der Waals surface area contributed by atoms with E-state index in [1.54, 1.807) is 0 Å². The lowest BCUT2D eigenvalue weighted by Crippen LogP contribution is -2.32. The van der Waals surface area contributed by atoms with Gasteiger partial charge < -0.3 is 10.6 Å². The Morgan fingerprint density at radius 2 is 2.18 bits per heavy atom. The van der Waals surface area contributed by atoms with Crippen molar-refractivity contribution in [3.05, 3.63) is 28.8 Å². The molecule has 4 heteroatoms. The van der Waals surface area contributed by atoms with Crippen molar-refractivity contribution in [2.45, 2.75) is 25.8 Å². The maximum Gasteiger partial charge on any atom is 0.106 e. The van der Waals surface area contributed by atoms with Crippen molar-refractivity contribution in [1.29, 1.82) is 0 Å². The van der Waals surface area contributed by atoms with E-state index in [-0.39, 0.29) is 0 Å². The summed E-state index contributed by atoms with van der Waals surface area (Å²) in [5.74, 6) is 0.801. The molecular formula is C13H17ClN2S. The van der Waals surface area contributed by atoms with Gasteiger partial charge >= 0.3 is 0 Å². The highest BCUT2D eigenvalue weighted by atomic mass is 35.5. The van der Waals surface area contributed by atoms with Crippen LogP contribution < -0.4 is 10.6 Å². The summed E-state index contributed by atoms with van der Waals surface area (Å²) in [5.41, 5.74) is 7.69. The van der Waals surface area contributed by atoms with Gasteiger partial charge in [0.25, 0.3) is 0 Å². The number of hydrogen-bond donors (Lipinski definition) is 1. The molecule has 1 fully saturated rings. The summed E-state index contributed by atoms with van der Waals surface area (Å²) in [5, 5.41) is 0.670. The summed E-state index contributed by atoms with van der Waals surface area (Å²) in [7, 11) is 2.09. The lowest BCUT2D eigenvalue weighted by atomic mass is 10.1. The first-order chi connectivity index (χ1) is 8.00. The Morgan fingerprint density at radius 1 is 1.53 bits per heavy atom. The standard InChI is InChI=1S/C13H17ClN2S/c1-8(9-3-4-9)16(2)12-6-5-10(14)7-11(12)13(15)17/h5-9H,3-4H2,1-2H3,(H2,15,17). The number of rotatable bonds is 4. The van der Waals surface area contributed by atoms with Crippen LogP contribution in [0.2, 0.25) is 5.02 Å². The predicted molar refractivity (Wildman–Crippen MR) is 77.9 cm³/mol. The van der Waals surface area contributed by atoms with E-state index in [4.69, 9.17) is 29.6 Å². The predicted octanol–water partition coefficient (Wildman–Crippen LogP) is 3.21. The molecule has 2 nitrogen and oxygen atoms in total. The second-order valence-electron chi connectivity index (χ2n) is 4.71. The van der Waals surface area contributed by atoms with Gasteiger partial charge in [-0.15, -0.1) is 0 Å². The van der Waals surface area contributed by atoms with Gasteiger partial charge in [0.15, 0.2) is 0 Å². The minimum absolute atomic E-state index is 0.400.